The number of nitrogens with zero attached hydrogens (tertiary/aromatic N) is 2. The maximum atomic E-state index is 13.4. The molecule has 0 aliphatic carbocycles. The Morgan fingerprint density at radius 1 is 1.42 bits per heavy atom. The first-order valence-corrected chi connectivity index (χ1v) is 9.89. The summed E-state index contributed by atoms with van der Waals surface area (Å²) < 4.78 is 38.7. The fourth-order valence-corrected chi connectivity index (χ4v) is 4.83. The second-order valence-corrected chi connectivity index (χ2v) is 8.83. The summed E-state index contributed by atoms with van der Waals surface area (Å²) in [7, 11) is -3.07. The maximum absolute atomic E-state index is 13.4. The van der Waals surface area contributed by atoms with Gasteiger partial charge in [0.15, 0.2) is 9.84 Å². The molecule has 2 aromatic rings. The smallest absolute Gasteiger partial charge is 0.258 e. The third-order valence-electron chi connectivity index (χ3n) is 3.83. The quantitative estimate of drug-likeness (QED) is 0.835. The number of benzene rings is 1. The normalized spacial score (nSPS) is 19.4. The molecule has 1 amide bonds. The van der Waals surface area contributed by atoms with Gasteiger partial charge in [-0.3, -0.25) is 4.79 Å². The lowest BCUT2D eigenvalue weighted by molar-refractivity contribution is 0.102. The van der Waals surface area contributed by atoms with Gasteiger partial charge in [-0.1, -0.05) is 0 Å². The Morgan fingerprint density at radius 2 is 2.17 bits per heavy atom. The third-order valence-corrected chi connectivity index (χ3v) is 6.27. The number of aryl methyl sites for hydroxylation is 1. The summed E-state index contributed by atoms with van der Waals surface area (Å²) in [6.07, 6.45) is 0.454. The Balaban J connectivity index is 1.88. The van der Waals surface area contributed by atoms with Crippen LogP contribution in [0.15, 0.2) is 28.7 Å². The highest BCUT2D eigenvalue weighted by Gasteiger charge is 2.31. The monoisotopic (exact) mass is 415 g/mol. The molecule has 1 unspecified atom stereocenters. The van der Waals surface area contributed by atoms with E-state index in [0.717, 1.165) is 6.07 Å². The molecule has 0 radical (unpaired) electrons. The standard InChI is InChI=1S/C15H15BrFN3O3S/c1-9-6-14(20(19-9)11-4-5-24(22,23)8-11)18-15(21)12-7-10(17)2-3-13(12)16/h2-3,6-7,11H,4-5,8H2,1H3,(H,18,21). The average molecular weight is 416 g/mol. The first-order chi connectivity index (χ1) is 11.2. The van der Waals surface area contributed by atoms with Gasteiger partial charge in [0.25, 0.3) is 5.91 Å². The van der Waals surface area contributed by atoms with Crippen LogP contribution in [0.2, 0.25) is 0 Å². The molecule has 1 aliphatic heterocycles. The van der Waals surface area contributed by atoms with E-state index in [-0.39, 0.29) is 23.1 Å². The summed E-state index contributed by atoms with van der Waals surface area (Å²) in [4.78, 5) is 12.4. The van der Waals surface area contributed by atoms with Crippen LogP contribution < -0.4 is 5.32 Å². The third kappa shape index (κ3) is 3.51. The largest absolute Gasteiger partial charge is 0.307 e. The summed E-state index contributed by atoms with van der Waals surface area (Å²) in [6.45, 7) is 1.76. The van der Waals surface area contributed by atoms with Crippen molar-refractivity contribution in [1.82, 2.24) is 9.78 Å². The van der Waals surface area contributed by atoms with Crippen LogP contribution in [0.4, 0.5) is 10.2 Å². The van der Waals surface area contributed by atoms with Gasteiger partial charge >= 0.3 is 0 Å². The fourth-order valence-electron chi connectivity index (χ4n) is 2.71. The van der Waals surface area contributed by atoms with Crippen molar-refractivity contribution in [2.45, 2.75) is 19.4 Å². The van der Waals surface area contributed by atoms with E-state index in [9.17, 15) is 17.6 Å². The van der Waals surface area contributed by atoms with Gasteiger partial charge in [0.05, 0.1) is 28.8 Å². The Morgan fingerprint density at radius 3 is 2.83 bits per heavy atom. The Bertz CT molecular complexity index is 911. The van der Waals surface area contributed by atoms with Crippen LogP contribution >= 0.6 is 15.9 Å². The number of rotatable bonds is 3. The SMILES string of the molecule is Cc1cc(NC(=O)c2cc(F)ccc2Br)n(C2CCS(=O)(=O)C2)n1. The highest BCUT2D eigenvalue weighted by Crippen LogP contribution is 2.28. The van der Waals surface area contributed by atoms with Crippen LogP contribution in [0.3, 0.4) is 0 Å². The van der Waals surface area contributed by atoms with E-state index in [4.69, 9.17) is 0 Å². The predicted octanol–water partition coefficient (Wildman–Crippen LogP) is 2.71. The van der Waals surface area contributed by atoms with Gasteiger partial charge in [-0.05, 0) is 47.5 Å². The first kappa shape index (κ1) is 17.1. The highest BCUT2D eigenvalue weighted by atomic mass is 79.9. The minimum Gasteiger partial charge on any atom is -0.307 e. The summed E-state index contributed by atoms with van der Waals surface area (Å²) in [6, 6.07) is 5.19. The van der Waals surface area contributed by atoms with Gasteiger partial charge in [-0.25, -0.2) is 17.5 Å². The number of amides is 1. The van der Waals surface area contributed by atoms with E-state index in [0.29, 0.717) is 22.4 Å². The molecular formula is C15H15BrFN3O3S. The second-order valence-electron chi connectivity index (χ2n) is 5.75. The van der Waals surface area contributed by atoms with Crippen molar-refractivity contribution in [3.8, 4) is 0 Å². The molecular weight excluding hydrogens is 401 g/mol. The van der Waals surface area contributed by atoms with Crippen molar-refractivity contribution in [3.05, 3.63) is 45.8 Å². The molecule has 1 atom stereocenters. The predicted molar refractivity (Wildman–Crippen MR) is 91.3 cm³/mol. The molecule has 24 heavy (non-hydrogen) atoms. The molecule has 0 bridgehead atoms. The minimum atomic E-state index is -3.07. The molecule has 128 valence electrons. The van der Waals surface area contributed by atoms with Gasteiger partial charge in [0.1, 0.15) is 11.6 Å². The number of nitrogens with one attached hydrogen (secondary N) is 1. The molecule has 1 N–H and O–H groups in total. The maximum Gasteiger partial charge on any atom is 0.258 e. The van der Waals surface area contributed by atoms with Crippen LogP contribution in [0.25, 0.3) is 0 Å². The zero-order chi connectivity index (χ0) is 17.5. The number of hydrogen-bond donors (Lipinski definition) is 1. The van der Waals surface area contributed by atoms with Crippen molar-refractivity contribution in [1.29, 1.82) is 0 Å². The van der Waals surface area contributed by atoms with Gasteiger partial charge < -0.3 is 5.32 Å². The molecule has 6 nitrogen and oxygen atoms in total. The van der Waals surface area contributed by atoms with E-state index in [1.165, 1.54) is 16.8 Å². The van der Waals surface area contributed by atoms with Crippen molar-refractivity contribution in [2.24, 2.45) is 0 Å². The van der Waals surface area contributed by atoms with Crippen molar-refractivity contribution < 1.29 is 17.6 Å². The molecule has 1 fully saturated rings. The van der Waals surface area contributed by atoms with E-state index in [1.54, 1.807) is 13.0 Å². The Hall–Kier alpha value is -1.74. The lowest BCUT2D eigenvalue weighted by atomic mass is 10.2. The minimum absolute atomic E-state index is 0.000645. The van der Waals surface area contributed by atoms with E-state index < -0.39 is 21.6 Å². The fraction of sp³-hybridized carbons (Fsp3) is 0.333. The molecule has 1 saturated heterocycles. The summed E-state index contributed by atoms with van der Waals surface area (Å²) >= 11 is 3.22. The molecule has 3 rings (SSSR count). The van der Waals surface area contributed by atoms with Crippen molar-refractivity contribution in [2.75, 3.05) is 16.8 Å². The second kappa shape index (κ2) is 6.29. The summed E-state index contributed by atoms with van der Waals surface area (Å²) in [5.74, 6) is -0.505. The molecule has 2 heterocycles. The van der Waals surface area contributed by atoms with E-state index >= 15 is 0 Å². The highest BCUT2D eigenvalue weighted by molar-refractivity contribution is 9.10. The van der Waals surface area contributed by atoms with Crippen LogP contribution in [0, 0.1) is 12.7 Å². The van der Waals surface area contributed by atoms with Crippen LogP contribution in [0.1, 0.15) is 28.5 Å². The van der Waals surface area contributed by atoms with Crippen LogP contribution in [-0.4, -0.2) is 35.6 Å². The van der Waals surface area contributed by atoms with E-state index in [2.05, 4.69) is 26.3 Å². The molecule has 9 heteroatoms. The number of anilines is 1. The number of carbonyl (C=O) groups is 1. The van der Waals surface area contributed by atoms with Gasteiger partial charge in [-0.15, -0.1) is 0 Å². The lowest BCUT2D eigenvalue weighted by Crippen LogP contribution is -2.20. The Labute approximate surface area is 147 Å². The van der Waals surface area contributed by atoms with Crippen LogP contribution in [-0.2, 0) is 9.84 Å². The number of halogens is 2. The molecule has 1 aromatic carbocycles. The van der Waals surface area contributed by atoms with Crippen LogP contribution in [0.5, 0.6) is 0 Å². The van der Waals surface area contributed by atoms with Gasteiger partial charge in [-0.2, -0.15) is 5.10 Å². The molecule has 1 aromatic heterocycles. The number of carbonyl (C=O) groups excluding carboxylic acids is 1. The van der Waals surface area contributed by atoms with Crippen molar-refractivity contribution in [3.63, 3.8) is 0 Å². The zero-order valence-corrected chi connectivity index (χ0v) is 15.2. The molecule has 0 saturated carbocycles. The first-order valence-electron chi connectivity index (χ1n) is 7.28. The van der Waals surface area contributed by atoms with Gasteiger partial charge in [0, 0.05) is 10.5 Å². The molecule has 1 aliphatic rings. The van der Waals surface area contributed by atoms with E-state index in [1.807, 2.05) is 0 Å². The zero-order valence-electron chi connectivity index (χ0n) is 12.8. The molecule has 0 spiro atoms. The number of sulfone groups is 1. The summed E-state index contributed by atoms with van der Waals surface area (Å²) in [5.41, 5.74) is 0.812. The van der Waals surface area contributed by atoms with Gasteiger partial charge in [0.2, 0.25) is 0 Å². The Kier molecular flexibility index (Phi) is 4.48. The average Bonchev–Trinajstić information content (AvgIpc) is 3.03. The van der Waals surface area contributed by atoms with Crippen molar-refractivity contribution >= 4 is 37.5 Å². The topological polar surface area (TPSA) is 81.1 Å². The summed E-state index contributed by atoms with van der Waals surface area (Å²) in [5, 5.41) is 6.99. The number of hydrogen-bond acceptors (Lipinski definition) is 4. The number of aromatic nitrogens is 2. The lowest BCUT2D eigenvalue weighted by Gasteiger charge is -2.14.